The fraction of sp³-hybridized carbons (Fsp3) is 0.429. The van der Waals surface area contributed by atoms with E-state index in [9.17, 15) is 9.59 Å². The average molecular weight is 263 g/mol. The van der Waals surface area contributed by atoms with Crippen molar-refractivity contribution in [3.05, 3.63) is 29.8 Å². The molecule has 1 fully saturated rings. The van der Waals surface area contributed by atoms with E-state index < -0.39 is 0 Å². The first-order valence-corrected chi connectivity index (χ1v) is 6.83. The van der Waals surface area contributed by atoms with Gasteiger partial charge in [0.15, 0.2) is 5.78 Å². The summed E-state index contributed by atoms with van der Waals surface area (Å²) < 4.78 is 0. The lowest BCUT2D eigenvalue weighted by Crippen LogP contribution is -2.24. The van der Waals surface area contributed by atoms with Crippen LogP contribution in [0.4, 0.5) is 5.69 Å². The van der Waals surface area contributed by atoms with Crippen molar-refractivity contribution in [1.29, 1.82) is 0 Å². The fourth-order valence-corrected chi connectivity index (χ4v) is 2.43. The summed E-state index contributed by atoms with van der Waals surface area (Å²) in [5.41, 5.74) is 1.58. The molecule has 0 saturated carbocycles. The highest BCUT2D eigenvalue weighted by Gasteiger charge is 2.29. The predicted octanol–water partition coefficient (Wildman–Crippen LogP) is 2.56. The van der Waals surface area contributed by atoms with Crippen LogP contribution in [0.15, 0.2) is 24.3 Å². The number of thiol groups is 1. The lowest BCUT2D eigenvalue weighted by Gasteiger charge is -2.16. The Kier molecular flexibility index (Phi) is 4.07. The number of benzene rings is 1. The van der Waals surface area contributed by atoms with Gasteiger partial charge in [0.05, 0.1) is 0 Å². The maximum atomic E-state index is 11.8. The Morgan fingerprint density at radius 3 is 2.56 bits per heavy atom. The van der Waals surface area contributed by atoms with E-state index in [1.54, 1.807) is 17.0 Å². The standard InChI is InChI=1S/C14H17NO2S/c1-2-13(16)11-3-5-12(6-4-11)15-8-10(9-18)7-14(15)17/h3-6,10,18H,2,7-9H2,1H3. The van der Waals surface area contributed by atoms with Crippen molar-refractivity contribution in [2.24, 2.45) is 5.92 Å². The van der Waals surface area contributed by atoms with Gasteiger partial charge in [-0.05, 0) is 35.9 Å². The van der Waals surface area contributed by atoms with Crippen molar-refractivity contribution in [2.45, 2.75) is 19.8 Å². The number of ketones is 1. The zero-order valence-corrected chi connectivity index (χ0v) is 11.3. The fourth-order valence-electron chi connectivity index (χ4n) is 2.18. The first-order valence-electron chi connectivity index (χ1n) is 6.20. The van der Waals surface area contributed by atoms with E-state index in [0.717, 1.165) is 18.0 Å². The molecule has 0 spiro atoms. The summed E-state index contributed by atoms with van der Waals surface area (Å²) in [6.45, 7) is 2.57. The van der Waals surface area contributed by atoms with Crippen LogP contribution in [0, 0.1) is 5.92 Å². The van der Waals surface area contributed by atoms with E-state index >= 15 is 0 Å². The average Bonchev–Trinajstić information content (AvgIpc) is 2.79. The quantitative estimate of drug-likeness (QED) is 0.669. The van der Waals surface area contributed by atoms with Gasteiger partial charge in [-0.2, -0.15) is 12.6 Å². The molecule has 0 aromatic heterocycles. The van der Waals surface area contributed by atoms with Crippen LogP contribution in [0.2, 0.25) is 0 Å². The Labute approximate surface area is 113 Å². The van der Waals surface area contributed by atoms with Crippen molar-refractivity contribution in [3.8, 4) is 0 Å². The molecular weight excluding hydrogens is 246 g/mol. The first kappa shape index (κ1) is 13.1. The van der Waals surface area contributed by atoms with Crippen molar-refractivity contribution in [3.63, 3.8) is 0 Å². The van der Waals surface area contributed by atoms with Gasteiger partial charge in [-0.3, -0.25) is 9.59 Å². The third kappa shape index (κ3) is 2.58. The Morgan fingerprint density at radius 2 is 2.06 bits per heavy atom. The van der Waals surface area contributed by atoms with E-state index in [0.29, 0.717) is 24.3 Å². The lowest BCUT2D eigenvalue weighted by atomic mass is 10.1. The molecule has 4 heteroatoms. The van der Waals surface area contributed by atoms with Crippen LogP contribution in [0.1, 0.15) is 30.1 Å². The molecule has 0 bridgehead atoms. The molecule has 0 aliphatic carbocycles. The minimum Gasteiger partial charge on any atom is -0.312 e. The first-order chi connectivity index (χ1) is 8.65. The van der Waals surface area contributed by atoms with Gasteiger partial charge in [0.1, 0.15) is 0 Å². The van der Waals surface area contributed by atoms with E-state index in [-0.39, 0.29) is 11.7 Å². The molecule has 1 aliphatic heterocycles. The molecule has 1 unspecified atom stereocenters. The number of anilines is 1. The van der Waals surface area contributed by atoms with Gasteiger partial charge in [-0.15, -0.1) is 0 Å². The summed E-state index contributed by atoms with van der Waals surface area (Å²) in [4.78, 5) is 25.1. The highest BCUT2D eigenvalue weighted by atomic mass is 32.1. The van der Waals surface area contributed by atoms with Gasteiger partial charge < -0.3 is 4.90 Å². The Bertz CT molecular complexity index is 455. The minimum atomic E-state index is 0.127. The summed E-state index contributed by atoms with van der Waals surface area (Å²) in [5.74, 6) is 1.33. The monoisotopic (exact) mass is 263 g/mol. The summed E-state index contributed by atoms with van der Waals surface area (Å²) in [6.07, 6.45) is 1.07. The van der Waals surface area contributed by atoms with Crippen molar-refractivity contribution >= 4 is 30.0 Å². The molecule has 2 rings (SSSR count). The van der Waals surface area contributed by atoms with Crippen LogP contribution in [-0.2, 0) is 4.79 Å². The third-order valence-corrected chi connectivity index (χ3v) is 3.80. The number of rotatable bonds is 4. The maximum absolute atomic E-state index is 11.8. The lowest BCUT2D eigenvalue weighted by molar-refractivity contribution is -0.117. The molecule has 1 heterocycles. The molecule has 1 amide bonds. The van der Waals surface area contributed by atoms with Crippen LogP contribution in [0.3, 0.4) is 0 Å². The number of amides is 1. The number of carbonyl (C=O) groups excluding carboxylic acids is 2. The molecule has 18 heavy (non-hydrogen) atoms. The second kappa shape index (κ2) is 5.57. The molecule has 0 radical (unpaired) electrons. The zero-order valence-electron chi connectivity index (χ0n) is 10.4. The molecule has 3 nitrogen and oxygen atoms in total. The Morgan fingerprint density at radius 1 is 1.39 bits per heavy atom. The molecule has 1 aromatic rings. The maximum Gasteiger partial charge on any atom is 0.227 e. The third-order valence-electron chi connectivity index (χ3n) is 3.29. The van der Waals surface area contributed by atoms with E-state index in [1.807, 2.05) is 19.1 Å². The highest BCUT2D eigenvalue weighted by molar-refractivity contribution is 7.80. The second-order valence-electron chi connectivity index (χ2n) is 4.58. The second-order valence-corrected chi connectivity index (χ2v) is 4.95. The van der Waals surface area contributed by atoms with E-state index in [4.69, 9.17) is 0 Å². The molecule has 1 aromatic carbocycles. The Balaban J connectivity index is 2.15. The summed E-state index contributed by atoms with van der Waals surface area (Å²) in [6, 6.07) is 7.29. The minimum absolute atomic E-state index is 0.127. The molecule has 1 aliphatic rings. The smallest absolute Gasteiger partial charge is 0.227 e. The van der Waals surface area contributed by atoms with Gasteiger partial charge in [-0.25, -0.2) is 0 Å². The van der Waals surface area contributed by atoms with Crippen molar-refractivity contribution in [2.75, 3.05) is 17.2 Å². The van der Waals surface area contributed by atoms with Gasteiger partial charge >= 0.3 is 0 Å². The van der Waals surface area contributed by atoms with Gasteiger partial charge in [0.2, 0.25) is 5.91 Å². The number of Topliss-reactive ketones (excluding diaryl/α,β-unsaturated/α-hetero) is 1. The molecule has 1 atom stereocenters. The highest BCUT2D eigenvalue weighted by Crippen LogP contribution is 2.26. The van der Waals surface area contributed by atoms with Crippen LogP contribution >= 0.6 is 12.6 Å². The molecule has 1 saturated heterocycles. The largest absolute Gasteiger partial charge is 0.312 e. The number of nitrogens with zero attached hydrogens (tertiary/aromatic N) is 1. The summed E-state index contributed by atoms with van der Waals surface area (Å²) in [5, 5.41) is 0. The number of carbonyl (C=O) groups is 2. The number of hydrogen-bond acceptors (Lipinski definition) is 3. The number of hydrogen-bond donors (Lipinski definition) is 1. The topological polar surface area (TPSA) is 37.4 Å². The van der Waals surface area contributed by atoms with Crippen LogP contribution < -0.4 is 4.90 Å². The SMILES string of the molecule is CCC(=O)c1ccc(N2CC(CS)CC2=O)cc1. The van der Waals surface area contributed by atoms with Crippen LogP contribution in [-0.4, -0.2) is 24.0 Å². The van der Waals surface area contributed by atoms with E-state index in [1.165, 1.54) is 0 Å². The predicted molar refractivity (Wildman–Crippen MR) is 75.4 cm³/mol. The normalized spacial score (nSPS) is 19.3. The molecule has 0 N–H and O–H groups in total. The Hall–Kier alpha value is -1.29. The van der Waals surface area contributed by atoms with Crippen LogP contribution in [0.5, 0.6) is 0 Å². The van der Waals surface area contributed by atoms with Gasteiger partial charge in [0.25, 0.3) is 0 Å². The molecule has 96 valence electrons. The van der Waals surface area contributed by atoms with E-state index in [2.05, 4.69) is 12.6 Å². The van der Waals surface area contributed by atoms with Crippen molar-refractivity contribution in [1.82, 2.24) is 0 Å². The van der Waals surface area contributed by atoms with Crippen molar-refractivity contribution < 1.29 is 9.59 Å². The summed E-state index contributed by atoms with van der Waals surface area (Å²) >= 11 is 4.24. The van der Waals surface area contributed by atoms with Gasteiger partial charge in [0, 0.05) is 30.6 Å². The zero-order chi connectivity index (χ0) is 13.1. The summed E-state index contributed by atoms with van der Waals surface area (Å²) in [7, 11) is 0. The van der Waals surface area contributed by atoms with Crippen LogP contribution in [0.25, 0.3) is 0 Å². The molecular formula is C14H17NO2S. The van der Waals surface area contributed by atoms with Gasteiger partial charge in [-0.1, -0.05) is 6.92 Å².